The Bertz CT molecular complexity index is 2750. The van der Waals surface area contributed by atoms with Crippen LogP contribution in [0.5, 0.6) is 5.75 Å². The zero-order chi connectivity index (χ0) is 51.1. The predicted octanol–water partition coefficient (Wildman–Crippen LogP) is 8.38. The first kappa shape index (κ1) is 52.3. The number of fused-ring (bicyclic) bond motifs is 2. The monoisotopic (exact) mass is 998 g/mol. The Balaban J connectivity index is 0.748. The van der Waals surface area contributed by atoms with Crippen molar-refractivity contribution in [3.05, 3.63) is 111 Å². The van der Waals surface area contributed by atoms with E-state index in [0.717, 1.165) is 82.1 Å². The van der Waals surface area contributed by atoms with E-state index in [1.165, 1.54) is 10.5 Å². The van der Waals surface area contributed by atoms with Gasteiger partial charge in [0.25, 0.3) is 5.91 Å². The number of nitrogens with zero attached hydrogens (tertiary/aromatic N) is 4. The van der Waals surface area contributed by atoms with Crippen molar-refractivity contribution in [3.8, 4) is 27.4 Å². The van der Waals surface area contributed by atoms with E-state index >= 15 is 0 Å². The number of aromatic nitrogens is 3. The van der Waals surface area contributed by atoms with E-state index in [0.29, 0.717) is 49.1 Å². The highest BCUT2D eigenvalue weighted by atomic mass is 32.1. The van der Waals surface area contributed by atoms with Crippen LogP contribution in [-0.4, -0.2) is 90.8 Å². The third-order valence-corrected chi connectivity index (χ3v) is 15.7. The minimum absolute atomic E-state index is 0.0188. The number of hydrogen-bond acceptors (Lipinski definition) is 11. The number of imidazole rings is 1. The molecule has 0 saturated carbocycles. The van der Waals surface area contributed by atoms with Gasteiger partial charge in [0.15, 0.2) is 5.78 Å². The second kappa shape index (κ2) is 23.2. The Morgan fingerprint density at radius 1 is 0.944 bits per heavy atom. The Labute approximate surface area is 427 Å². The number of unbranched alkanes of at least 4 members (excludes halogenated alkanes) is 1. The van der Waals surface area contributed by atoms with Gasteiger partial charge in [-0.2, -0.15) is 0 Å². The first-order valence-electron chi connectivity index (χ1n) is 25.7. The van der Waals surface area contributed by atoms with Crippen LogP contribution in [0.25, 0.3) is 21.7 Å². The molecular weight excluding hydrogens is 929 g/mol. The highest BCUT2D eigenvalue weighted by molar-refractivity contribution is 7.13. The Hall–Kier alpha value is -6.03. The Kier molecular flexibility index (Phi) is 16.9. The van der Waals surface area contributed by atoms with Crippen molar-refractivity contribution in [1.29, 1.82) is 0 Å². The van der Waals surface area contributed by atoms with Gasteiger partial charge < -0.3 is 35.1 Å². The molecule has 15 heteroatoms. The number of rotatable bonds is 22. The second-order valence-electron chi connectivity index (χ2n) is 21.0. The molecule has 72 heavy (non-hydrogen) atoms. The summed E-state index contributed by atoms with van der Waals surface area (Å²) in [5.41, 5.74) is 10.4. The van der Waals surface area contributed by atoms with Crippen LogP contribution in [0.15, 0.2) is 66.3 Å². The van der Waals surface area contributed by atoms with Crippen molar-refractivity contribution >= 4 is 40.6 Å². The molecule has 1 saturated heterocycles. The highest BCUT2D eigenvalue weighted by Crippen LogP contribution is 2.37. The van der Waals surface area contributed by atoms with Gasteiger partial charge in [-0.1, -0.05) is 57.2 Å². The van der Waals surface area contributed by atoms with E-state index in [-0.39, 0.29) is 87.2 Å². The third-order valence-electron chi connectivity index (χ3n) is 14.7. The van der Waals surface area contributed by atoms with E-state index in [4.69, 9.17) is 9.72 Å². The zero-order valence-electron chi connectivity index (χ0n) is 42.4. The molecule has 8 rings (SSSR count). The number of hydrogen-bond donors (Lipinski definition) is 4. The Morgan fingerprint density at radius 3 is 2.46 bits per heavy atom. The van der Waals surface area contributed by atoms with Crippen LogP contribution in [0, 0.1) is 25.2 Å². The van der Waals surface area contributed by atoms with Crippen LogP contribution >= 0.6 is 11.3 Å². The van der Waals surface area contributed by atoms with Crippen LogP contribution in [-0.2, 0) is 51.6 Å². The van der Waals surface area contributed by atoms with Gasteiger partial charge in [-0.3, -0.25) is 24.0 Å². The topological polar surface area (TPSA) is 193 Å². The molecule has 0 spiro atoms. The van der Waals surface area contributed by atoms with Gasteiger partial charge in [-0.25, -0.2) is 9.97 Å². The zero-order valence-corrected chi connectivity index (χ0v) is 43.2. The summed E-state index contributed by atoms with van der Waals surface area (Å²) >= 11 is 1.59. The van der Waals surface area contributed by atoms with E-state index in [1.54, 1.807) is 23.5 Å². The van der Waals surface area contributed by atoms with Gasteiger partial charge in [-0.15, -0.1) is 11.3 Å². The minimum Gasteiger partial charge on any atom is -0.493 e. The van der Waals surface area contributed by atoms with Gasteiger partial charge in [-0.05, 0) is 116 Å². The van der Waals surface area contributed by atoms with Crippen molar-refractivity contribution in [2.24, 2.45) is 11.3 Å². The molecule has 1 fully saturated rings. The van der Waals surface area contributed by atoms with Gasteiger partial charge in [0.05, 0.1) is 53.2 Å². The van der Waals surface area contributed by atoms with Crippen molar-refractivity contribution in [2.75, 3.05) is 19.7 Å². The fourth-order valence-electron chi connectivity index (χ4n) is 10.4. The summed E-state index contributed by atoms with van der Waals surface area (Å²) in [6, 6.07) is 17.0. The maximum absolute atomic E-state index is 14.1. The maximum Gasteiger partial charge on any atom is 0.251 e. The van der Waals surface area contributed by atoms with Crippen LogP contribution < -0.4 is 15.4 Å². The molecular formula is C57H70N6O8S. The first-order chi connectivity index (χ1) is 34.6. The van der Waals surface area contributed by atoms with Crippen LogP contribution in [0.2, 0.25) is 0 Å². The molecule has 0 bridgehead atoms. The molecule has 3 aliphatic rings. The van der Waals surface area contributed by atoms with E-state index < -0.39 is 23.5 Å². The fraction of sp³-hybridized carbons (Fsp3) is 0.491. The van der Waals surface area contributed by atoms with Crippen molar-refractivity contribution < 1.29 is 38.9 Å². The number of thiazole rings is 1. The minimum atomic E-state index is -0.813. The molecule has 3 amide bonds. The standard InChI is InChI=1S/C57H70N6O8S/c1-35-42(33-64)26-41(55(69)61-47-21-20-38-18-19-40(27-45(38)47)48-32-62-24-8-11-52(62)60-48)28-51(35)71-25-9-23-58-53(68)12-7-6-10-43(65)29-46(57(3,4)5)56(70)63-31-44(66)30-49(63)50(67)22-15-37-13-16-39(17-14-37)54-36(2)59-34-72-54/h13-14,16-19,26-28,32,34,44,46-47,49,64,66H,6-12,15,20-25,29-31,33H2,1-5H3,(H,58,68)(H,61,69)/t44-,46-,47-,49+/m1/s1. The van der Waals surface area contributed by atoms with Crippen molar-refractivity contribution in [2.45, 2.75) is 149 Å². The summed E-state index contributed by atoms with van der Waals surface area (Å²) in [4.78, 5) is 79.4. The number of likely N-dealkylation sites (tertiary alicyclic amines) is 1. The number of benzene rings is 3. The molecule has 0 radical (unpaired) electrons. The first-order valence-corrected chi connectivity index (χ1v) is 26.6. The number of ether oxygens (including phenoxy) is 1. The van der Waals surface area contributed by atoms with Crippen LogP contribution in [0.3, 0.4) is 0 Å². The molecule has 2 aromatic heterocycles. The summed E-state index contributed by atoms with van der Waals surface area (Å²) in [6.07, 6.45) is 8.01. The van der Waals surface area contributed by atoms with Crippen molar-refractivity contribution in [3.63, 3.8) is 0 Å². The third kappa shape index (κ3) is 12.6. The lowest BCUT2D eigenvalue weighted by Crippen LogP contribution is -2.47. The summed E-state index contributed by atoms with van der Waals surface area (Å²) < 4.78 is 8.34. The van der Waals surface area contributed by atoms with Gasteiger partial charge in [0.2, 0.25) is 11.8 Å². The molecule has 2 aliphatic heterocycles. The SMILES string of the molecule is Cc1ncsc1-c1ccc(CCC(=O)[C@@H]2C[C@@H](O)CN2C(=O)[C@@H](CC(=O)CCCCC(=O)NCCCOc2cc(C(=O)N[C@@H]3CCc4ccc(-c5cn6c(n5)CCC6)cc43)cc(CO)c2C)C(C)(C)C)cc1. The number of carbonyl (C=O) groups excluding carboxylic acids is 5. The number of carbonyl (C=O) groups is 5. The van der Waals surface area contributed by atoms with Gasteiger partial charge in [0, 0.05) is 81.4 Å². The number of nitrogens with one attached hydrogen (secondary N) is 2. The summed E-state index contributed by atoms with van der Waals surface area (Å²) in [7, 11) is 0. The number of β-amino-alcohol motifs (C(OH)–C–C–N with tert-alkyl or cyclic N) is 1. The number of aliphatic hydroxyl groups is 2. The fourth-order valence-corrected chi connectivity index (χ4v) is 11.2. The van der Waals surface area contributed by atoms with E-state index in [2.05, 4.69) is 44.6 Å². The maximum atomic E-state index is 14.1. The largest absolute Gasteiger partial charge is 0.493 e. The number of ketones is 2. The van der Waals surface area contributed by atoms with E-state index in [1.807, 2.05) is 64.4 Å². The smallest absolute Gasteiger partial charge is 0.251 e. The van der Waals surface area contributed by atoms with Gasteiger partial charge in [0.1, 0.15) is 17.4 Å². The quantitative estimate of drug-likeness (QED) is 0.0490. The number of Topliss-reactive ketones (excluding diaryl/α,β-unsaturated/α-hetero) is 2. The molecule has 5 aromatic rings. The molecule has 14 nitrogen and oxygen atoms in total. The molecule has 4 N–H and O–H groups in total. The lowest BCUT2D eigenvalue weighted by molar-refractivity contribution is -0.145. The normalized spacial score (nSPS) is 17.7. The molecule has 4 heterocycles. The van der Waals surface area contributed by atoms with Crippen LogP contribution in [0.1, 0.15) is 141 Å². The average Bonchev–Trinajstić information content (AvgIpc) is 4.22. The molecule has 3 aromatic carbocycles. The summed E-state index contributed by atoms with van der Waals surface area (Å²) in [5, 5.41) is 27.0. The molecule has 382 valence electrons. The second-order valence-corrected chi connectivity index (χ2v) is 21.8. The number of aryl methyl sites for hydroxylation is 5. The highest BCUT2D eigenvalue weighted by Gasteiger charge is 2.44. The molecule has 1 aliphatic carbocycles. The lowest BCUT2D eigenvalue weighted by Gasteiger charge is -2.34. The molecule has 4 atom stereocenters. The van der Waals surface area contributed by atoms with E-state index in [9.17, 15) is 34.2 Å². The lowest BCUT2D eigenvalue weighted by atomic mass is 9.76. The summed E-state index contributed by atoms with van der Waals surface area (Å²) in [6.45, 7) is 11.0. The predicted molar refractivity (Wildman–Crippen MR) is 278 cm³/mol. The van der Waals surface area contributed by atoms with Crippen molar-refractivity contribution in [1.82, 2.24) is 30.1 Å². The Morgan fingerprint density at radius 2 is 1.72 bits per heavy atom. The number of amides is 3. The molecule has 0 unspecified atom stereocenters. The number of aliphatic hydroxyl groups excluding tert-OH is 2. The van der Waals surface area contributed by atoms with Gasteiger partial charge >= 0.3 is 0 Å². The summed E-state index contributed by atoms with van der Waals surface area (Å²) in [5.74, 6) is 0.116. The average molecular weight is 999 g/mol. The van der Waals surface area contributed by atoms with Crippen LogP contribution in [0.4, 0.5) is 0 Å².